The zero-order valence-electron chi connectivity index (χ0n) is 18.2. The van der Waals surface area contributed by atoms with Crippen LogP contribution >= 0.6 is 22.9 Å². The highest BCUT2D eigenvalue weighted by Crippen LogP contribution is 2.41. The van der Waals surface area contributed by atoms with Gasteiger partial charge in [0.1, 0.15) is 12.9 Å². The Bertz CT molecular complexity index is 1170. The van der Waals surface area contributed by atoms with Crippen molar-refractivity contribution in [2.45, 2.75) is 32.2 Å². The van der Waals surface area contributed by atoms with E-state index < -0.39 is 0 Å². The summed E-state index contributed by atoms with van der Waals surface area (Å²) < 4.78 is 1.46. The summed E-state index contributed by atoms with van der Waals surface area (Å²) in [6.07, 6.45) is 3.25. The lowest BCUT2D eigenvalue weighted by atomic mass is 9.97. The maximum Gasteiger partial charge on any atom is 0.244 e. The van der Waals surface area contributed by atoms with Crippen molar-refractivity contribution < 1.29 is 4.79 Å². The van der Waals surface area contributed by atoms with Crippen LogP contribution in [0.15, 0.2) is 54.9 Å². The number of rotatable bonds is 5. The summed E-state index contributed by atoms with van der Waals surface area (Å²) in [6, 6.07) is 16.5. The van der Waals surface area contributed by atoms with E-state index >= 15 is 0 Å². The fraction of sp³-hybridized carbons (Fsp3) is 0.292. The topological polar surface area (TPSA) is 76.8 Å². The summed E-state index contributed by atoms with van der Waals surface area (Å²) in [5.74, 6) is 0.374. The molecule has 0 aliphatic carbocycles. The number of nitrogens with zero attached hydrogens (tertiary/aromatic N) is 6. The van der Waals surface area contributed by atoms with E-state index in [2.05, 4.69) is 46.7 Å². The fourth-order valence-corrected chi connectivity index (χ4v) is 5.47. The van der Waals surface area contributed by atoms with E-state index in [0.29, 0.717) is 24.0 Å². The molecule has 1 fully saturated rings. The van der Waals surface area contributed by atoms with E-state index in [-0.39, 0.29) is 12.5 Å². The van der Waals surface area contributed by atoms with Crippen LogP contribution in [0.5, 0.6) is 0 Å². The molecule has 7 nitrogen and oxygen atoms in total. The van der Waals surface area contributed by atoms with E-state index in [1.54, 1.807) is 11.3 Å². The molecule has 3 heterocycles. The third-order valence-electron chi connectivity index (χ3n) is 5.96. The van der Waals surface area contributed by atoms with Crippen molar-refractivity contribution in [3.63, 3.8) is 0 Å². The van der Waals surface area contributed by atoms with Gasteiger partial charge in [-0.2, -0.15) is 0 Å². The zero-order chi connectivity index (χ0) is 22.8. The lowest BCUT2D eigenvalue weighted by molar-refractivity contribution is -0.133. The van der Waals surface area contributed by atoms with Crippen LogP contribution in [0, 0.1) is 6.92 Å². The van der Waals surface area contributed by atoms with Gasteiger partial charge in [-0.15, -0.1) is 16.4 Å². The van der Waals surface area contributed by atoms with E-state index in [1.807, 2.05) is 29.2 Å². The van der Waals surface area contributed by atoms with Crippen molar-refractivity contribution in [1.29, 1.82) is 0 Å². The molecule has 2 aromatic carbocycles. The Morgan fingerprint density at radius 1 is 1.06 bits per heavy atom. The Hall–Kier alpha value is -3.10. The predicted octanol–water partition coefficient (Wildman–Crippen LogP) is 4.83. The summed E-state index contributed by atoms with van der Waals surface area (Å²) in [5, 5.41) is 12.8. The van der Waals surface area contributed by atoms with Crippen molar-refractivity contribution in [1.82, 2.24) is 30.1 Å². The maximum atomic E-state index is 12.6. The Labute approximate surface area is 201 Å². The third kappa shape index (κ3) is 4.82. The normalized spacial score (nSPS) is 14.5. The number of hydrogen-bond donors (Lipinski definition) is 0. The number of carbonyl (C=O) groups excluding carboxylic acids is 1. The van der Waals surface area contributed by atoms with Gasteiger partial charge in [0.2, 0.25) is 5.91 Å². The van der Waals surface area contributed by atoms with Gasteiger partial charge in [0, 0.05) is 29.6 Å². The Morgan fingerprint density at radius 3 is 2.42 bits per heavy atom. The minimum atomic E-state index is 0.0436. The Morgan fingerprint density at radius 2 is 1.76 bits per heavy atom. The summed E-state index contributed by atoms with van der Waals surface area (Å²) in [6.45, 7) is 3.69. The molecule has 33 heavy (non-hydrogen) atoms. The first-order chi connectivity index (χ1) is 16.1. The number of piperidine rings is 1. The van der Waals surface area contributed by atoms with Gasteiger partial charge in [0.15, 0.2) is 0 Å². The molecule has 1 aliphatic heterocycles. The van der Waals surface area contributed by atoms with Crippen LogP contribution in [0.2, 0.25) is 5.02 Å². The number of tetrazole rings is 1. The quantitative estimate of drug-likeness (QED) is 0.410. The Kier molecular flexibility index (Phi) is 6.20. The lowest BCUT2D eigenvalue weighted by Gasteiger charge is -2.31. The molecular formula is C24H23ClN6OS. The number of likely N-dealkylation sites (tertiary alicyclic amines) is 1. The highest BCUT2D eigenvalue weighted by Gasteiger charge is 2.27. The number of carbonyl (C=O) groups is 1. The molecular weight excluding hydrogens is 456 g/mol. The van der Waals surface area contributed by atoms with Gasteiger partial charge in [0.05, 0.1) is 15.6 Å². The number of hydrogen-bond acceptors (Lipinski definition) is 6. The number of halogens is 1. The SMILES string of the molecule is Cc1ccc(-c2sc(C3CCN(C(=O)Cn4cnnn4)CC3)nc2-c2ccc(Cl)cc2)cc1. The van der Waals surface area contributed by atoms with Gasteiger partial charge >= 0.3 is 0 Å². The highest BCUT2D eigenvalue weighted by molar-refractivity contribution is 7.15. The smallest absolute Gasteiger partial charge is 0.244 e. The molecule has 0 saturated carbocycles. The zero-order valence-corrected chi connectivity index (χ0v) is 19.8. The first-order valence-corrected chi connectivity index (χ1v) is 12.1. The van der Waals surface area contributed by atoms with Crippen LogP contribution in [0.4, 0.5) is 0 Å². The van der Waals surface area contributed by atoms with Gasteiger partial charge in [-0.3, -0.25) is 4.79 Å². The summed E-state index contributed by atoms with van der Waals surface area (Å²) >= 11 is 7.88. The average molecular weight is 479 g/mol. The molecule has 0 N–H and O–H groups in total. The molecule has 1 amide bonds. The number of benzene rings is 2. The summed E-state index contributed by atoms with van der Waals surface area (Å²) in [7, 11) is 0. The molecule has 2 aromatic heterocycles. The predicted molar refractivity (Wildman–Crippen MR) is 129 cm³/mol. The second kappa shape index (κ2) is 9.41. The van der Waals surface area contributed by atoms with Crippen LogP contribution in [0.3, 0.4) is 0 Å². The molecule has 1 saturated heterocycles. The van der Waals surface area contributed by atoms with Crippen molar-refractivity contribution in [3.05, 3.63) is 70.5 Å². The van der Waals surface area contributed by atoms with Crippen LogP contribution in [-0.4, -0.2) is 49.1 Å². The standard InChI is InChI=1S/C24H23ClN6OS/c1-16-2-4-18(5-3-16)23-22(17-6-8-20(25)9-7-17)27-24(33-23)19-10-12-30(13-11-19)21(32)14-31-15-26-28-29-31/h2-9,15,19H,10-14H2,1H3. The van der Waals surface area contributed by atoms with E-state index in [1.165, 1.54) is 27.0 Å². The second-order valence-corrected chi connectivity index (χ2v) is 9.73. The van der Waals surface area contributed by atoms with Crippen LogP contribution in [0.1, 0.15) is 29.3 Å². The van der Waals surface area contributed by atoms with Crippen molar-refractivity contribution in [2.24, 2.45) is 0 Å². The van der Waals surface area contributed by atoms with Gasteiger partial charge in [-0.1, -0.05) is 53.6 Å². The lowest BCUT2D eigenvalue weighted by Crippen LogP contribution is -2.39. The second-order valence-electron chi connectivity index (χ2n) is 8.27. The molecule has 0 unspecified atom stereocenters. The van der Waals surface area contributed by atoms with Crippen LogP contribution in [-0.2, 0) is 11.3 Å². The minimum absolute atomic E-state index is 0.0436. The molecule has 5 rings (SSSR count). The van der Waals surface area contributed by atoms with E-state index in [4.69, 9.17) is 16.6 Å². The molecule has 168 valence electrons. The summed E-state index contributed by atoms with van der Waals surface area (Å²) in [5.41, 5.74) is 4.46. The van der Waals surface area contributed by atoms with Gasteiger partial charge in [-0.25, -0.2) is 9.67 Å². The molecule has 0 bridgehead atoms. The summed E-state index contributed by atoms with van der Waals surface area (Å²) in [4.78, 5) is 20.7. The van der Waals surface area contributed by atoms with E-state index in [0.717, 1.165) is 29.1 Å². The average Bonchev–Trinajstić information content (AvgIpc) is 3.51. The van der Waals surface area contributed by atoms with Crippen molar-refractivity contribution in [2.75, 3.05) is 13.1 Å². The number of aryl methyl sites for hydroxylation is 1. The fourth-order valence-electron chi connectivity index (χ4n) is 4.08. The van der Waals surface area contributed by atoms with Crippen LogP contribution in [0.25, 0.3) is 21.7 Å². The number of amides is 1. The monoisotopic (exact) mass is 478 g/mol. The van der Waals surface area contributed by atoms with E-state index in [9.17, 15) is 4.79 Å². The van der Waals surface area contributed by atoms with Crippen molar-refractivity contribution in [3.8, 4) is 21.7 Å². The molecule has 0 radical (unpaired) electrons. The van der Waals surface area contributed by atoms with Gasteiger partial charge in [-0.05, 0) is 47.9 Å². The largest absolute Gasteiger partial charge is 0.341 e. The Balaban J connectivity index is 1.37. The number of thiazole rings is 1. The molecule has 0 atom stereocenters. The maximum absolute atomic E-state index is 12.6. The molecule has 0 spiro atoms. The van der Waals surface area contributed by atoms with Crippen molar-refractivity contribution >= 4 is 28.8 Å². The number of aromatic nitrogens is 5. The third-order valence-corrected chi connectivity index (χ3v) is 7.48. The first-order valence-electron chi connectivity index (χ1n) is 10.9. The first kappa shape index (κ1) is 21.7. The van der Waals surface area contributed by atoms with Gasteiger partial charge in [0.25, 0.3) is 0 Å². The molecule has 4 aromatic rings. The van der Waals surface area contributed by atoms with Crippen LogP contribution < -0.4 is 0 Å². The molecule has 9 heteroatoms. The molecule has 1 aliphatic rings. The van der Waals surface area contributed by atoms with Gasteiger partial charge < -0.3 is 4.90 Å². The highest BCUT2D eigenvalue weighted by atomic mass is 35.5. The minimum Gasteiger partial charge on any atom is -0.341 e.